The molecule has 0 bridgehead atoms. The quantitative estimate of drug-likeness (QED) is 0.681. The van der Waals surface area contributed by atoms with Crippen LogP contribution in [0.5, 0.6) is 0 Å². The van der Waals surface area contributed by atoms with Gasteiger partial charge in [-0.3, -0.25) is 4.79 Å². The Morgan fingerprint density at radius 1 is 0.941 bits per heavy atom. The molecule has 0 aromatic heterocycles. The highest BCUT2D eigenvalue weighted by Gasteiger charge is 2.29. The summed E-state index contributed by atoms with van der Waals surface area (Å²) in [7, 11) is 0. The van der Waals surface area contributed by atoms with Crippen molar-refractivity contribution in [3.63, 3.8) is 0 Å². The number of esters is 1. The Balaban J connectivity index is 1.80. The lowest BCUT2D eigenvalue weighted by Crippen LogP contribution is -2.31. The summed E-state index contributed by atoms with van der Waals surface area (Å²) in [5.74, 6) is 1.72. The molecule has 0 radical (unpaired) electrons. The molecule has 2 rings (SSSR count). The zero-order valence-corrected chi connectivity index (χ0v) is 11.3. The molecule has 0 spiro atoms. The van der Waals surface area contributed by atoms with Crippen LogP contribution in [0.15, 0.2) is 0 Å². The summed E-state index contributed by atoms with van der Waals surface area (Å²) in [4.78, 5) is 12.1. The minimum atomic E-state index is 0.0935. The van der Waals surface area contributed by atoms with Crippen LogP contribution in [0.3, 0.4) is 0 Å². The molecule has 2 aliphatic carbocycles. The average molecular weight is 238 g/mol. The normalized spacial score (nSPS) is 35.5. The first-order chi connectivity index (χ1) is 8.15. The van der Waals surface area contributed by atoms with E-state index in [9.17, 15) is 4.79 Å². The van der Waals surface area contributed by atoms with Crippen molar-refractivity contribution >= 4 is 5.97 Å². The van der Waals surface area contributed by atoms with Gasteiger partial charge in [0.25, 0.3) is 0 Å². The van der Waals surface area contributed by atoms with Gasteiger partial charge >= 0.3 is 5.97 Å². The molecule has 2 aliphatic rings. The highest BCUT2D eigenvalue weighted by Crippen LogP contribution is 2.32. The van der Waals surface area contributed by atoms with Crippen molar-refractivity contribution < 1.29 is 9.53 Å². The molecule has 2 unspecified atom stereocenters. The molecule has 0 aliphatic heterocycles. The first-order valence-electron chi connectivity index (χ1n) is 7.35. The van der Waals surface area contributed by atoms with Crippen LogP contribution >= 0.6 is 0 Å². The van der Waals surface area contributed by atoms with Crippen molar-refractivity contribution in [3.8, 4) is 0 Å². The molecule has 17 heavy (non-hydrogen) atoms. The third-order valence-electron chi connectivity index (χ3n) is 4.36. The Morgan fingerprint density at radius 3 is 2.12 bits per heavy atom. The van der Waals surface area contributed by atoms with Gasteiger partial charge in [0.05, 0.1) is 5.92 Å². The number of hydrogen-bond donors (Lipinski definition) is 0. The fraction of sp³-hybridized carbons (Fsp3) is 0.933. The minimum Gasteiger partial charge on any atom is -0.462 e. The lowest BCUT2D eigenvalue weighted by atomic mass is 9.81. The van der Waals surface area contributed by atoms with Gasteiger partial charge in [0.2, 0.25) is 0 Å². The number of carbonyl (C=O) groups is 1. The smallest absolute Gasteiger partial charge is 0.309 e. The Kier molecular flexibility index (Phi) is 4.47. The van der Waals surface area contributed by atoms with Crippen molar-refractivity contribution in [2.75, 3.05) is 0 Å². The predicted octanol–water partition coefficient (Wildman–Crippen LogP) is 3.93. The van der Waals surface area contributed by atoms with Crippen molar-refractivity contribution in [1.82, 2.24) is 0 Å². The molecule has 2 saturated carbocycles. The molecule has 98 valence electrons. The number of hydrogen-bond acceptors (Lipinski definition) is 2. The van der Waals surface area contributed by atoms with E-state index in [4.69, 9.17) is 4.74 Å². The summed E-state index contributed by atoms with van der Waals surface area (Å²) >= 11 is 0. The minimum absolute atomic E-state index is 0.0935. The average Bonchev–Trinajstić information content (AvgIpc) is 2.28. The summed E-state index contributed by atoms with van der Waals surface area (Å²) in [6.07, 6.45) is 9.44. The van der Waals surface area contributed by atoms with Crippen molar-refractivity contribution in [2.45, 2.75) is 71.3 Å². The Hall–Kier alpha value is -0.530. The van der Waals surface area contributed by atoms with Gasteiger partial charge < -0.3 is 4.74 Å². The van der Waals surface area contributed by atoms with E-state index in [1.807, 2.05) is 0 Å². The van der Waals surface area contributed by atoms with Gasteiger partial charge in [-0.05, 0) is 43.9 Å². The molecular weight excluding hydrogens is 212 g/mol. The monoisotopic (exact) mass is 238 g/mol. The second kappa shape index (κ2) is 5.88. The molecule has 0 amide bonds. The predicted molar refractivity (Wildman–Crippen MR) is 68.6 cm³/mol. The molecule has 0 heterocycles. The standard InChI is InChI=1S/C15H26O2/c1-11-8-12(2)10-14(9-11)17-15(16)13-6-4-3-5-7-13/h11-14H,3-10H2,1-2H3. The van der Waals surface area contributed by atoms with Crippen LogP contribution in [0.2, 0.25) is 0 Å². The van der Waals surface area contributed by atoms with Crippen molar-refractivity contribution in [2.24, 2.45) is 17.8 Å². The van der Waals surface area contributed by atoms with Gasteiger partial charge in [-0.2, -0.15) is 0 Å². The summed E-state index contributed by atoms with van der Waals surface area (Å²) < 4.78 is 5.73. The highest BCUT2D eigenvalue weighted by atomic mass is 16.5. The van der Waals surface area contributed by atoms with Gasteiger partial charge in [-0.25, -0.2) is 0 Å². The summed E-state index contributed by atoms with van der Waals surface area (Å²) in [6.45, 7) is 4.55. The number of ether oxygens (including phenoxy) is 1. The van der Waals surface area contributed by atoms with Crippen LogP contribution in [0.1, 0.15) is 65.2 Å². The van der Waals surface area contributed by atoms with Gasteiger partial charge in [-0.15, -0.1) is 0 Å². The maximum atomic E-state index is 12.1. The molecule has 0 aromatic carbocycles. The Labute approximate surface area is 105 Å². The topological polar surface area (TPSA) is 26.3 Å². The maximum Gasteiger partial charge on any atom is 0.309 e. The van der Waals surface area contributed by atoms with Crippen molar-refractivity contribution in [3.05, 3.63) is 0 Å². The van der Waals surface area contributed by atoms with Crippen LogP contribution < -0.4 is 0 Å². The summed E-state index contributed by atoms with van der Waals surface area (Å²) in [5, 5.41) is 0. The Bertz CT molecular complexity index is 246. The van der Waals surface area contributed by atoms with Gasteiger partial charge in [0, 0.05) is 0 Å². The van der Waals surface area contributed by atoms with E-state index in [1.54, 1.807) is 0 Å². The molecule has 0 aromatic rings. The number of carbonyl (C=O) groups excluding carboxylic acids is 1. The molecular formula is C15H26O2. The van der Waals surface area contributed by atoms with Gasteiger partial charge in [0.15, 0.2) is 0 Å². The summed E-state index contributed by atoms with van der Waals surface area (Å²) in [6, 6.07) is 0. The third-order valence-corrected chi connectivity index (χ3v) is 4.36. The van der Waals surface area contributed by atoms with Crippen molar-refractivity contribution in [1.29, 1.82) is 0 Å². The zero-order valence-electron chi connectivity index (χ0n) is 11.3. The van der Waals surface area contributed by atoms with Gasteiger partial charge in [0.1, 0.15) is 6.10 Å². The van der Waals surface area contributed by atoms with Crippen LogP contribution in [-0.2, 0) is 9.53 Å². The summed E-state index contributed by atoms with van der Waals surface area (Å²) in [5.41, 5.74) is 0. The number of rotatable bonds is 2. The lowest BCUT2D eigenvalue weighted by molar-refractivity contribution is -0.158. The molecule has 2 atom stereocenters. The first kappa shape index (κ1) is 12.9. The second-order valence-electron chi connectivity index (χ2n) is 6.31. The molecule has 2 fully saturated rings. The Morgan fingerprint density at radius 2 is 1.53 bits per heavy atom. The van der Waals surface area contributed by atoms with Crippen LogP contribution in [0.4, 0.5) is 0 Å². The van der Waals surface area contributed by atoms with E-state index in [0.717, 1.165) is 25.7 Å². The van der Waals surface area contributed by atoms with E-state index in [0.29, 0.717) is 11.8 Å². The van der Waals surface area contributed by atoms with E-state index >= 15 is 0 Å². The third kappa shape index (κ3) is 3.72. The largest absolute Gasteiger partial charge is 0.462 e. The van der Waals surface area contributed by atoms with E-state index in [1.165, 1.54) is 25.7 Å². The van der Waals surface area contributed by atoms with Crippen LogP contribution in [0.25, 0.3) is 0 Å². The lowest BCUT2D eigenvalue weighted by Gasteiger charge is -2.32. The van der Waals surface area contributed by atoms with E-state index < -0.39 is 0 Å². The fourth-order valence-corrected chi connectivity index (χ4v) is 3.57. The fourth-order valence-electron chi connectivity index (χ4n) is 3.57. The molecule has 2 nitrogen and oxygen atoms in total. The highest BCUT2D eigenvalue weighted by molar-refractivity contribution is 5.72. The van der Waals surface area contributed by atoms with Gasteiger partial charge in [-0.1, -0.05) is 33.1 Å². The van der Waals surface area contributed by atoms with E-state index in [2.05, 4.69) is 13.8 Å². The molecule has 0 N–H and O–H groups in total. The van der Waals surface area contributed by atoms with E-state index in [-0.39, 0.29) is 18.0 Å². The molecule has 2 heteroatoms. The first-order valence-corrected chi connectivity index (χ1v) is 7.35. The van der Waals surface area contributed by atoms with Crippen LogP contribution in [-0.4, -0.2) is 12.1 Å². The zero-order chi connectivity index (χ0) is 12.3. The van der Waals surface area contributed by atoms with Crippen LogP contribution in [0, 0.1) is 17.8 Å². The molecule has 0 saturated heterocycles. The maximum absolute atomic E-state index is 12.1. The SMILES string of the molecule is CC1CC(C)CC(OC(=O)C2CCCCC2)C1. The second-order valence-corrected chi connectivity index (χ2v) is 6.31.